The van der Waals surface area contributed by atoms with Gasteiger partial charge in [-0.1, -0.05) is 36.0 Å². The van der Waals surface area contributed by atoms with Crippen molar-refractivity contribution in [3.63, 3.8) is 0 Å². The summed E-state index contributed by atoms with van der Waals surface area (Å²) in [5.74, 6) is 0. The number of fused-ring (bicyclic) bond motifs is 2. The van der Waals surface area contributed by atoms with E-state index >= 15 is 0 Å². The molecule has 0 bridgehead atoms. The lowest BCUT2D eigenvalue weighted by Gasteiger charge is -2.31. The average molecular weight is 228 g/mol. The third kappa shape index (κ3) is 1.40. The Morgan fingerprint density at radius 1 is 0.875 bits per heavy atom. The highest BCUT2D eigenvalue weighted by Crippen LogP contribution is 2.46. The van der Waals surface area contributed by atoms with Crippen LogP contribution >= 0.6 is 11.8 Å². The normalized spacial score (nSPS) is 13.2. The SMILES string of the molecule is CNN1c2ccccc2Sc2ccccc21. The van der Waals surface area contributed by atoms with Crippen LogP contribution in [-0.2, 0) is 0 Å². The summed E-state index contributed by atoms with van der Waals surface area (Å²) in [5, 5.41) is 2.13. The molecule has 0 saturated carbocycles. The van der Waals surface area contributed by atoms with E-state index < -0.39 is 0 Å². The predicted molar refractivity (Wildman–Crippen MR) is 68.2 cm³/mol. The maximum Gasteiger partial charge on any atom is 0.0717 e. The van der Waals surface area contributed by atoms with Gasteiger partial charge in [-0.3, -0.25) is 5.01 Å². The van der Waals surface area contributed by atoms with Gasteiger partial charge in [0.2, 0.25) is 0 Å². The van der Waals surface area contributed by atoms with E-state index in [-0.39, 0.29) is 0 Å². The van der Waals surface area contributed by atoms with E-state index in [9.17, 15) is 0 Å². The van der Waals surface area contributed by atoms with Crippen LogP contribution < -0.4 is 10.4 Å². The fourth-order valence-electron chi connectivity index (χ4n) is 1.95. The fourth-order valence-corrected chi connectivity index (χ4v) is 3.00. The van der Waals surface area contributed by atoms with Gasteiger partial charge in [0.05, 0.1) is 11.4 Å². The second-order valence-electron chi connectivity index (χ2n) is 3.60. The van der Waals surface area contributed by atoms with Crippen molar-refractivity contribution in [1.29, 1.82) is 0 Å². The third-order valence-corrected chi connectivity index (χ3v) is 3.79. The Bertz CT molecular complexity index is 479. The van der Waals surface area contributed by atoms with E-state index in [1.54, 1.807) is 0 Å². The molecule has 0 spiro atoms. The first-order valence-corrected chi connectivity index (χ1v) is 6.05. The zero-order chi connectivity index (χ0) is 11.0. The summed E-state index contributed by atoms with van der Waals surface area (Å²) in [6.07, 6.45) is 0. The monoisotopic (exact) mass is 228 g/mol. The van der Waals surface area contributed by atoms with E-state index in [0.29, 0.717) is 0 Å². The van der Waals surface area contributed by atoms with Gasteiger partial charge in [0.15, 0.2) is 0 Å². The molecule has 2 aromatic carbocycles. The number of para-hydroxylation sites is 2. The van der Waals surface area contributed by atoms with Gasteiger partial charge in [-0.15, -0.1) is 0 Å². The van der Waals surface area contributed by atoms with Gasteiger partial charge in [0, 0.05) is 16.8 Å². The zero-order valence-electron chi connectivity index (χ0n) is 8.97. The van der Waals surface area contributed by atoms with Crippen molar-refractivity contribution in [2.45, 2.75) is 9.79 Å². The molecule has 3 heteroatoms. The highest BCUT2D eigenvalue weighted by molar-refractivity contribution is 7.99. The number of hydrazine groups is 1. The molecule has 0 atom stereocenters. The molecule has 0 unspecified atom stereocenters. The molecule has 1 heterocycles. The molecule has 0 fully saturated rings. The molecule has 16 heavy (non-hydrogen) atoms. The topological polar surface area (TPSA) is 15.3 Å². The first kappa shape index (κ1) is 9.75. The van der Waals surface area contributed by atoms with Crippen LogP contribution in [0.2, 0.25) is 0 Å². The van der Waals surface area contributed by atoms with Crippen LogP contribution in [-0.4, -0.2) is 7.05 Å². The highest BCUT2D eigenvalue weighted by Gasteiger charge is 2.21. The van der Waals surface area contributed by atoms with Crippen LogP contribution in [0.5, 0.6) is 0 Å². The summed E-state index contributed by atoms with van der Waals surface area (Å²) in [7, 11) is 1.95. The van der Waals surface area contributed by atoms with Gasteiger partial charge in [0.25, 0.3) is 0 Å². The molecule has 0 radical (unpaired) electrons. The number of nitrogens with one attached hydrogen (secondary N) is 1. The Kier molecular flexibility index (Phi) is 2.35. The Morgan fingerprint density at radius 2 is 1.38 bits per heavy atom. The molecule has 0 saturated heterocycles. The van der Waals surface area contributed by atoms with Crippen molar-refractivity contribution in [3.05, 3.63) is 48.5 Å². The Balaban J connectivity index is 2.19. The minimum absolute atomic E-state index is 1.22. The molecular weight excluding hydrogens is 216 g/mol. The van der Waals surface area contributed by atoms with Crippen molar-refractivity contribution >= 4 is 23.1 Å². The van der Waals surface area contributed by atoms with Gasteiger partial charge in [0.1, 0.15) is 0 Å². The Morgan fingerprint density at radius 3 is 1.88 bits per heavy atom. The number of benzene rings is 2. The molecule has 0 aromatic heterocycles. The number of nitrogens with zero attached hydrogens (tertiary/aromatic N) is 1. The maximum absolute atomic E-state index is 3.24. The molecule has 3 rings (SSSR count). The molecule has 1 N–H and O–H groups in total. The van der Waals surface area contributed by atoms with Gasteiger partial charge < -0.3 is 0 Å². The number of hydrogen-bond acceptors (Lipinski definition) is 3. The minimum Gasteiger partial charge on any atom is -0.275 e. The second kappa shape index (κ2) is 3.85. The van der Waals surface area contributed by atoms with Crippen molar-refractivity contribution < 1.29 is 0 Å². The molecule has 80 valence electrons. The summed E-state index contributed by atoms with van der Waals surface area (Å²) in [5.41, 5.74) is 5.67. The molecular formula is C13H12N2S. The molecule has 1 aliphatic heterocycles. The summed E-state index contributed by atoms with van der Waals surface area (Å²) < 4.78 is 0. The Hall–Kier alpha value is -1.45. The van der Waals surface area contributed by atoms with Crippen LogP contribution in [0.1, 0.15) is 0 Å². The minimum atomic E-state index is 1.22. The smallest absolute Gasteiger partial charge is 0.0717 e. The lowest BCUT2D eigenvalue weighted by molar-refractivity contribution is 0.812. The van der Waals surface area contributed by atoms with Gasteiger partial charge >= 0.3 is 0 Å². The molecule has 2 aromatic rings. The molecule has 0 aliphatic carbocycles. The van der Waals surface area contributed by atoms with Gasteiger partial charge in [-0.05, 0) is 24.3 Å². The molecule has 2 nitrogen and oxygen atoms in total. The van der Waals surface area contributed by atoms with E-state index in [4.69, 9.17) is 0 Å². The number of anilines is 2. The predicted octanol–water partition coefficient (Wildman–Crippen LogP) is 3.42. The average Bonchev–Trinajstić information content (AvgIpc) is 2.36. The quantitative estimate of drug-likeness (QED) is 0.805. The van der Waals surface area contributed by atoms with Crippen molar-refractivity contribution in [2.24, 2.45) is 0 Å². The first-order valence-electron chi connectivity index (χ1n) is 5.23. The highest BCUT2D eigenvalue weighted by atomic mass is 32.2. The van der Waals surface area contributed by atoms with Crippen LogP contribution in [0.25, 0.3) is 0 Å². The van der Waals surface area contributed by atoms with E-state index in [0.717, 1.165) is 0 Å². The van der Waals surface area contributed by atoms with Crippen molar-refractivity contribution in [1.82, 2.24) is 5.43 Å². The lowest BCUT2D eigenvalue weighted by atomic mass is 10.2. The third-order valence-electron chi connectivity index (χ3n) is 2.66. The molecule has 0 amide bonds. The van der Waals surface area contributed by atoms with E-state index in [1.165, 1.54) is 21.2 Å². The van der Waals surface area contributed by atoms with Crippen LogP contribution in [0, 0.1) is 0 Å². The largest absolute Gasteiger partial charge is 0.275 e. The van der Waals surface area contributed by atoms with Crippen molar-refractivity contribution in [2.75, 3.05) is 12.1 Å². The zero-order valence-corrected chi connectivity index (χ0v) is 9.79. The summed E-state index contributed by atoms with van der Waals surface area (Å²) in [4.78, 5) is 2.58. The second-order valence-corrected chi connectivity index (χ2v) is 4.68. The summed E-state index contributed by atoms with van der Waals surface area (Å²) in [6, 6.07) is 16.9. The number of hydrogen-bond donors (Lipinski definition) is 1. The van der Waals surface area contributed by atoms with Gasteiger partial charge in [-0.2, -0.15) is 0 Å². The fraction of sp³-hybridized carbons (Fsp3) is 0.0769. The van der Waals surface area contributed by atoms with Gasteiger partial charge in [-0.25, -0.2) is 5.43 Å². The number of rotatable bonds is 1. The standard InChI is InChI=1S/C13H12N2S/c1-14-15-10-6-2-4-8-12(10)16-13-9-5-3-7-11(13)15/h2-9,14H,1H3. The summed E-state index contributed by atoms with van der Waals surface area (Å²) in [6.45, 7) is 0. The maximum atomic E-state index is 3.24. The van der Waals surface area contributed by atoms with Crippen LogP contribution in [0.4, 0.5) is 11.4 Å². The lowest BCUT2D eigenvalue weighted by Crippen LogP contribution is -2.32. The van der Waals surface area contributed by atoms with Crippen molar-refractivity contribution in [3.8, 4) is 0 Å². The molecule has 1 aliphatic rings. The van der Waals surface area contributed by atoms with Crippen LogP contribution in [0.15, 0.2) is 58.3 Å². The van der Waals surface area contributed by atoms with Crippen LogP contribution in [0.3, 0.4) is 0 Å². The Labute approximate surface area is 99.3 Å². The van der Waals surface area contributed by atoms with E-state index in [2.05, 4.69) is 59.0 Å². The first-order chi connectivity index (χ1) is 7.90. The summed E-state index contributed by atoms with van der Waals surface area (Å²) >= 11 is 1.82. The van der Waals surface area contributed by atoms with E-state index in [1.807, 2.05) is 18.8 Å².